The SMILES string of the molecule is O=C1C=CC(c2ccccc2NC(=O)C2CCN(c3cc(-n4cccn4)ncn3)CC2)N=N1. The van der Waals surface area contributed by atoms with Crippen molar-refractivity contribution in [2.24, 2.45) is 16.1 Å². The normalized spacial score (nSPS) is 18.5. The Morgan fingerprint density at radius 2 is 1.88 bits per heavy atom. The highest BCUT2D eigenvalue weighted by molar-refractivity contribution is 5.94. The van der Waals surface area contributed by atoms with Gasteiger partial charge in [-0.25, -0.2) is 14.6 Å². The van der Waals surface area contributed by atoms with Gasteiger partial charge in [0.1, 0.15) is 18.2 Å². The maximum absolute atomic E-state index is 13.0. The molecule has 1 atom stereocenters. The summed E-state index contributed by atoms with van der Waals surface area (Å²) in [5.41, 5.74) is 1.50. The molecule has 0 spiro atoms. The number of piperidine rings is 1. The first-order chi connectivity index (χ1) is 16.2. The number of nitrogens with zero attached hydrogens (tertiary/aromatic N) is 7. The van der Waals surface area contributed by atoms with Gasteiger partial charge in [-0.15, -0.1) is 5.11 Å². The van der Waals surface area contributed by atoms with Gasteiger partial charge in [0.15, 0.2) is 5.82 Å². The lowest BCUT2D eigenvalue weighted by Gasteiger charge is -2.32. The van der Waals surface area contributed by atoms with Gasteiger partial charge in [-0.1, -0.05) is 18.2 Å². The van der Waals surface area contributed by atoms with Crippen LogP contribution in [0.5, 0.6) is 0 Å². The van der Waals surface area contributed by atoms with Gasteiger partial charge in [0, 0.05) is 54.8 Å². The molecule has 1 unspecified atom stereocenters. The molecule has 0 aliphatic carbocycles. The van der Waals surface area contributed by atoms with Crippen LogP contribution in [-0.4, -0.2) is 44.7 Å². The second-order valence-corrected chi connectivity index (χ2v) is 7.88. The zero-order valence-corrected chi connectivity index (χ0v) is 17.8. The lowest BCUT2D eigenvalue weighted by atomic mass is 9.95. The molecule has 0 radical (unpaired) electrons. The Morgan fingerprint density at radius 1 is 1.06 bits per heavy atom. The fraction of sp³-hybridized carbons (Fsp3) is 0.261. The molecule has 10 heteroatoms. The largest absolute Gasteiger partial charge is 0.356 e. The summed E-state index contributed by atoms with van der Waals surface area (Å²) >= 11 is 0. The predicted octanol–water partition coefficient (Wildman–Crippen LogP) is 3.11. The average Bonchev–Trinajstić information content (AvgIpc) is 3.40. The van der Waals surface area contributed by atoms with E-state index in [2.05, 4.69) is 35.5 Å². The van der Waals surface area contributed by atoms with Gasteiger partial charge in [0.25, 0.3) is 5.91 Å². The van der Waals surface area contributed by atoms with Crippen LogP contribution in [-0.2, 0) is 9.59 Å². The summed E-state index contributed by atoms with van der Waals surface area (Å²) in [6.45, 7) is 1.44. The molecule has 2 aliphatic rings. The van der Waals surface area contributed by atoms with Crippen LogP contribution >= 0.6 is 0 Å². The minimum absolute atomic E-state index is 0.0187. The molecule has 5 rings (SSSR count). The van der Waals surface area contributed by atoms with E-state index >= 15 is 0 Å². The Morgan fingerprint density at radius 3 is 2.64 bits per heavy atom. The van der Waals surface area contributed by atoms with Crippen molar-refractivity contribution in [1.29, 1.82) is 0 Å². The molecule has 2 aromatic heterocycles. The zero-order chi connectivity index (χ0) is 22.6. The Hall–Kier alpha value is -4.21. The number of carbonyl (C=O) groups excluding carboxylic acids is 2. The third-order valence-corrected chi connectivity index (χ3v) is 5.81. The fourth-order valence-electron chi connectivity index (χ4n) is 4.04. The van der Waals surface area contributed by atoms with Gasteiger partial charge in [0.2, 0.25) is 5.91 Å². The Labute approximate surface area is 190 Å². The number of para-hydroxylation sites is 1. The molecule has 0 bridgehead atoms. The molecule has 2 amide bonds. The molecular formula is C23H22N8O2. The van der Waals surface area contributed by atoms with E-state index in [-0.39, 0.29) is 23.8 Å². The quantitative estimate of drug-likeness (QED) is 0.649. The number of aromatic nitrogens is 4. The fourth-order valence-corrected chi connectivity index (χ4v) is 4.04. The summed E-state index contributed by atoms with van der Waals surface area (Å²) in [7, 11) is 0. The number of azo groups is 1. The first-order valence-electron chi connectivity index (χ1n) is 10.8. The molecule has 0 saturated carbocycles. The molecule has 10 nitrogen and oxygen atoms in total. The van der Waals surface area contributed by atoms with Crippen molar-refractivity contribution in [3.63, 3.8) is 0 Å². The summed E-state index contributed by atoms with van der Waals surface area (Å²) in [4.78, 5) is 35.1. The van der Waals surface area contributed by atoms with Gasteiger partial charge in [-0.3, -0.25) is 9.59 Å². The number of nitrogens with one attached hydrogen (secondary N) is 1. The summed E-state index contributed by atoms with van der Waals surface area (Å²) in [5.74, 6) is 1.03. The smallest absolute Gasteiger partial charge is 0.287 e. The number of benzene rings is 1. The molecular weight excluding hydrogens is 420 g/mol. The highest BCUT2D eigenvalue weighted by Gasteiger charge is 2.27. The Kier molecular flexibility index (Phi) is 5.71. The summed E-state index contributed by atoms with van der Waals surface area (Å²) < 4.78 is 1.69. The van der Waals surface area contributed by atoms with Gasteiger partial charge in [-0.05, 0) is 31.1 Å². The van der Waals surface area contributed by atoms with Crippen molar-refractivity contribution < 1.29 is 9.59 Å². The van der Waals surface area contributed by atoms with E-state index in [1.165, 1.54) is 12.4 Å². The van der Waals surface area contributed by atoms with Crippen molar-refractivity contribution in [2.75, 3.05) is 23.3 Å². The van der Waals surface area contributed by atoms with Gasteiger partial charge in [-0.2, -0.15) is 10.2 Å². The first kappa shape index (κ1) is 20.7. The van der Waals surface area contributed by atoms with Crippen LogP contribution < -0.4 is 10.2 Å². The van der Waals surface area contributed by atoms with E-state index in [4.69, 9.17) is 0 Å². The predicted molar refractivity (Wildman–Crippen MR) is 121 cm³/mol. The van der Waals surface area contributed by atoms with Crippen LogP contribution in [0, 0.1) is 5.92 Å². The highest BCUT2D eigenvalue weighted by atomic mass is 16.2. The topological polar surface area (TPSA) is 118 Å². The van der Waals surface area contributed by atoms with Gasteiger partial charge in [0.05, 0.1) is 0 Å². The number of hydrogen-bond acceptors (Lipinski definition) is 7. The lowest BCUT2D eigenvalue weighted by molar-refractivity contribution is -0.120. The minimum atomic E-state index is -0.386. The number of anilines is 2. The summed E-state index contributed by atoms with van der Waals surface area (Å²) in [6.07, 6.45) is 9.60. The minimum Gasteiger partial charge on any atom is -0.356 e. The molecule has 33 heavy (non-hydrogen) atoms. The monoisotopic (exact) mass is 442 g/mol. The van der Waals surface area contributed by atoms with E-state index < -0.39 is 0 Å². The second kappa shape index (κ2) is 9.11. The third-order valence-electron chi connectivity index (χ3n) is 5.81. The van der Waals surface area contributed by atoms with E-state index in [1.807, 2.05) is 42.6 Å². The molecule has 4 heterocycles. The van der Waals surface area contributed by atoms with E-state index in [0.717, 1.165) is 24.5 Å². The maximum Gasteiger partial charge on any atom is 0.287 e. The van der Waals surface area contributed by atoms with Crippen LogP contribution in [0.2, 0.25) is 0 Å². The Balaban J connectivity index is 1.23. The standard InChI is InChI=1S/C23H22N8O2/c32-22-7-6-19(28-29-22)17-4-1-2-5-18(17)27-23(33)16-8-12-30(13-9-16)20-14-21(25-15-24-20)31-11-3-10-26-31/h1-7,10-11,14-16,19H,8-9,12-13H2,(H,27,33). The molecule has 166 valence electrons. The van der Waals surface area contributed by atoms with Crippen molar-refractivity contribution in [3.05, 3.63) is 72.8 Å². The molecule has 3 aromatic rings. The third kappa shape index (κ3) is 4.54. The highest BCUT2D eigenvalue weighted by Crippen LogP contribution is 2.30. The van der Waals surface area contributed by atoms with Crippen LogP contribution in [0.3, 0.4) is 0 Å². The molecule has 1 aromatic carbocycles. The molecule has 2 aliphatic heterocycles. The number of amides is 2. The van der Waals surface area contributed by atoms with Crippen molar-refractivity contribution in [3.8, 4) is 5.82 Å². The number of carbonyl (C=O) groups is 2. The first-order valence-corrected chi connectivity index (χ1v) is 10.8. The van der Waals surface area contributed by atoms with Crippen molar-refractivity contribution in [2.45, 2.75) is 18.9 Å². The zero-order valence-electron chi connectivity index (χ0n) is 17.8. The van der Waals surface area contributed by atoms with Crippen LogP contribution in [0.25, 0.3) is 5.82 Å². The van der Waals surface area contributed by atoms with Gasteiger partial charge < -0.3 is 10.2 Å². The van der Waals surface area contributed by atoms with Gasteiger partial charge >= 0.3 is 0 Å². The number of rotatable bonds is 5. The van der Waals surface area contributed by atoms with Crippen LogP contribution in [0.4, 0.5) is 11.5 Å². The van der Waals surface area contributed by atoms with Crippen molar-refractivity contribution >= 4 is 23.3 Å². The van der Waals surface area contributed by atoms with Crippen LogP contribution in [0.1, 0.15) is 24.4 Å². The van der Waals surface area contributed by atoms with Crippen molar-refractivity contribution in [1.82, 2.24) is 19.7 Å². The van der Waals surface area contributed by atoms with E-state index in [0.29, 0.717) is 24.3 Å². The number of hydrogen-bond donors (Lipinski definition) is 1. The molecule has 1 fully saturated rings. The molecule has 1 saturated heterocycles. The van der Waals surface area contributed by atoms with E-state index in [9.17, 15) is 9.59 Å². The summed E-state index contributed by atoms with van der Waals surface area (Å²) in [5, 5.41) is 14.9. The lowest BCUT2D eigenvalue weighted by Crippen LogP contribution is -2.38. The summed E-state index contributed by atoms with van der Waals surface area (Å²) in [6, 6.07) is 10.8. The maximum atomic E-state index is 13.0. The van der Waals surface area contributed by atoms with E-state index in [1.54, 1.807) is 17.0 Å². The second-order valence-electron chi connectivity index (χ2n) is 7.88. The average molecular weight is 442 g/mol. The Bertz CT molecular complexity index is 1200. The van der Waals surface area contributed by atoms with Crippen LogP contribution in [0.15, 0.2) is 77.5 Å². The molecule has 1 N–H and O–H groups in total.